The Hall–Kier alpha value is -2.73. The van der Waals surface area contributed by atoms with Crippen LogP contribution in [0.1, 0.15) is 17.2 Å². The molecule has 0 spiro atoms. The maximum absolute atomic E-state index is 11.0. The van der Waals surface area contributed by atoms with Crippen LogP contribution in [0.4, 0.5) is 0 Å². The van der Waals surface area contributed by atoms with Crippen LogP contribution < -0.4 is 0 Å². The molecule has 134 valence electrons. The molecule has 2 aromatic carbocycles. The lowest BCUT2D eigenvalue weighted by molar-refractivity contribution is 0.219. The quantitative estimate of drug-likeness (QED) is 0.513. The molecular weight excluding hydrogens is 385 g/mol. The lowest BCUT2D eigenvalue weighted by atomic mass is 9.95. The molecule has 0 saturated heterocycles. The van der Waals surface area contributed by atoms with Gasteiger partial charge in [-0.3, -0.25) is 0 Å². The highest BCUT2D eigenvalue weighted by Gasteiger charge is 2.26. The number of aromatic nitrogens is 3. The van der Waals surface area contributed by atoms with Crippen LogP contribution in [0, 0.1) is 0 Å². The third-order valence-electron chi connectivity index (χ3n) is 4.10. The normalized spacial score (nSPS) is 12.1. The SMILES string of the molecule is OC(c1cncnc1)c1c(-c2ccc(Cl)cc2)noc1-c1cccc(Cl)c1. The van der Waals surface area contributed by atoms with Gasteiger partial charge in [0.2, 0.25) is 0 Å². The zero-order chi connectivity index (χ0) is 18.8. The van der Waals surface area contributed by atoms with Gasteiger partial charge in [0.25, 0.3) is 0 Å². The highest BCUT2D eigenvalue weighted by atomic mass is 35.5. The van der Waals surface area contributed by atoms with E-state index in [9.17, 15) is 5.11 Å². The first-order valence-electron chi connectivity index (χ1n) is 8.08. The Morgan fingerprint density at radius 2 is 1.63 bits per heavy atom. The van der Waals surface area contributed by atoms with E-state index < -0.39 is 6.10 Å². The molecule has 4 aromatic rings. The van der Waals surface area contributed by atoms with E-state index in [1.165, 1.54) is 6.33 Å². The Morgan fingerprint density at radius 3 is 2.33 bits per heavy atom. The Bertz CT molecular complexity index is 1070. The maximum atomic E-state index is 11.0. The molecule has 2 aromatic heterocycles. The van der Waals surface area contributed by atoms with Gasteiger partial charge in [0.15, 0.2) is 5.76 Å². The number of aliphatic hydroxyl groups is 1. The van der Waals surface area contributed by atoms with Gasteiger partial charge < -0.3 is 9.63 Å². The van der Waals surface area contributed by atoms with Crippen molar-refractivity contribution in [2.24, 2.45) is 0 Å². The van der Waals surface area contributed by atoms with Crippen LogP contribution in [-0.2, 0) is 0 Å². The third kappa shape index (κ3) is 3.57. The first-order chi connectivity index (χ1) is 13.1. The fourth-order valence-corrected chi connectivity index (χ4v) is 3.14. The summed E-state index contributed by atoms with van der Waals surface area (Å²) in [6, 6.07) is 14.3. The standard InChI is InChI=1S/C20H13Cl2N3O2/c21-15-6-4-12(5-7-15)18-17(19(26)14-9-23-11-24-10-14)20(27-25-18)13-2-1-3-16(22)8-13/h1-11,19,26H. The van der Waals surface area contributed by atoms with Crippen molar-refractivity contribution in [2.45, 2.75) is 6.10 Å². The number of nitrogens with zero attached hydrogens (tertiary/aromatic N) is 3. The Labute approximate surface area is 165 Å². The second-order valence-electron chi connectivity index (χ2n) is 5.87. The zero-order valence-corrected chi connectivity index (χ0v) is 15.4. The molecule has 7 heteroatoms. The number of hydrogen-bond acceptors (Lipinski definition) is 5. The first-order valence-corrected chi connectivity index (χ1v) is 8.83. The summed E-state index contributed by atoms with van der Waals surface area (Å²) < 4.78 is 5.62. The molecule has 0 aliphatic rings. The van der Waals surface area contributed by atoms with Crippen molar-refractivity contribution >= 4 is 23.2 Å². The fourth-order valence-electron chi connectivity index (χ4n) is 2.82. The van der Waals surface area contributed by atoms with E-state index in [1.807, 2.05) is 24.3 Å². The summed E-state index contributed by atoms with van der Waals surface area (Å²) in [7, 11) is 0. The molecule has 0 fully saturated rings. The highest BCUT2D eigenvalue weighted by molar-refractivity contribution is 6.31. The molecule has 4 rings (SSSR count). The van der Waals surface area contributed by atoms with Crippen LogP contribution >= 0.6 is 23.2 Å². The zero-order valence-electron chi connectivity index (χ0n) is 13.9. The Balaban J connectivity index is 1.91. The minimum absolute atomic E-state index is 0.429. The average molecular weight is 398 g/mol. The number of rotatable bonds is 4. The summed E-state index contributed by atoms with van der Waals surface area (Å²) in [6.45, 7) is 0. The molecule has 0 saturated carbocycles. The van der Waals surface area contributed by atoms with Gasteiger partial charge in [0, 0.05) is 39.1 Å². The molecular formula is C20H13Cl2N3O2. The van der Waals surface area contributed by atoms with Crippen LogP contribution in [0.5, 0.6) is 0 Å². The van der Waals surface area contributed by atoms with Crippen LogP contribution in [-0.4, -0.2) is 20.2 Å². The van der Waals surface area contributed by atoms with Gasteiger partial charge in [0.05, 0.1) is 5.56 Å². The molecule has 0 bridgehead atoms. The predicted octanol–water partition coefficient (Wildman–Crippen LogP) is 5.19. The van der Waals surface area contributed by atoms with E-state index in [0.29, 0.717) is 38.2 Å². The van der Waals surface area contributed by atoms with Crippen molar-refractivity contribution in [2.75, 3.05) is 0 Å². The smallest absolute Gasteiger partial charge is 0.173 e. The minimum Gasteiger partial charge on any atom is -0.383 e. The number of benzene rings is 2. The second-order valence-corrected chi connectivity index (χ2v) is 6.74. The van der Waals surface area contributed by atoms with Gasteiger partial charge in [0.1, 0.15) is 18.1 Å². The Morgan fingerprint density at radius 1 is 0.889 bits per heavy atom. The molecule has 0 aliphatic carbocycles. The van der Waals surface area contributed by atoms with Crippen molar-refractivity contribution in [1.29, 1.82) is 0 Å². The Kier molecular flexibility index (Phi) is 4.90. The van der Waals surface area contributed by atoms with E-state index >= 15 is 0 Å². The van der Waals surface area contributed by atoms with Crippen molar-refractivity contribution < 1.29 is 9.63 Å². The molecule has 1 atom stereocenters. The molecule has 0 amide bonds. The van der Waals surface area contributed by atoms with E-state index in [0.717, 1.165) is 5.56 Å². The predicted molar refractivity (Wildman–Crippen MR) is 103 cm³/mol. The van der Waals surface area contributed by atoms with Gasteiger partial charge in [-0.25, -0.2) is 9.97 Å². The lowest BCUT2D eigenvalue weighted by Gasteiger charge is -2.12. The van der Waals surface area contributed by atoms with Gasteiger partial charge in [-0.05, 0) is 24.3 Å². The van der Waals surface area contributed by atoms with Gasteiger partial charge in [-0.15, -0.1) is 0 Å². The van der Waals surface area contributed by atoms with Crippen molar-refractivity contribution in [1.82, 2.24) is 15.1 Å². The van der Waals surface area contributed by atoms with E-state index in [4.69, 9.17) is 27.7 Å². The molecule has 27 heavy (non-hydrogen) atoms. The summed E-state index contributed by atoms with van der Waals surface area (Å²) >= 11 is 12.1. The van der Waals surface area contributed by atoms with Crippen molar-refractivity contribution in [3.63, 3.8) is 0 Å². The maximum Gasteiger partial charge on any atom is 0.173 e. The van der Waals surface area contributed by atoms with Gasteiger partial charge in [-0.2, -0.15) is 0 Å². The van der Waals surface area contributed by atoms with Gasteiger partial charge >= 0.3 is 0 Å². The average Bonchev–Trinajstić information content (AvgIpc) is 3.14. The summed E-state index contributed by atoms with van der Waals surface area (Å²) in [5.74, 6) is 0.429. The third-order valence-corrected chi connectivity index (χ3v) is 4.59. The molecule has 1 N–H and O–H groups in total. The fraction of sp³-hybridized carbons (Fsp3) is 0.0500. The van der Waals surface area contributed by atoms with Crippen LogP contribution in [0.25, 0.3) is 22.6 Å². The summed E-state index contributed by atoms with van der Waals surface area (Å²) in [4.78, 5) is 7.97. The van der Waals surface area contributed by atoms with E-state index in [-0.39, 0.29) is 0 Å². The van der Waals surface area contributed by atoms with Crippen LogP contribution in [0.2, 0.25) is 10.0 Å². The van der Waals surface area contributed by atoms with Crippen LogP contribution in [0.15, 0.2) is 71.8 Å². The van der Waals surface area contributed by atoms with Gasteiger partial charge in [-0.1, -0.05) is 52.6 Å². The molecule has 1 unspecified atom stereocenters. The van der Waals surface area contributed by atoms with Crippen molar-refractivity contribution in [3.05, 3.63) is 88.4 Å². The summed E-state index contributed by atoms with van der Waals surface area (Å²) in [6.07, 6.45) is 3.48. The monoisotopic (exact) mass is 397 g/mol. The lowest BCUT2D eigenvalue weighted by Crippen LogP contribution is -2.03. The molecule has 0 radical (unpaired) electrons. The van der Waals surface area contributed by atoms with Crippen molar-refractivity contribution in [3.8, 4) is 22.6 Å². The highest BCUT2D eigenvalue weighted by Crippen LogP contribution is 2.39. The number of aliphatic hydroxyl groups excluding tert-OH is 1. The summed E-state index contributed by atoms with van der Waals surface area (Å²) in [5.41, 5.74) is 3.02. The molecule has 0 aliphatic heterocycles. The number of halogens is 2. The number of hydrogen-bond donors (Lipinski definition) is 1. The molecule has 5 nitrogen and oxygen atoms in total. The largest absolute Gasteiger partial charge is 0.383 e. The van der Waals surface area contributed by atoms with Crippen LogP contribution in [0.3, 0.4) is 0 Å². The first kappa shape index (κ1) is 17.7. The summed E-state index contributed by atoms with van der Waals surface area (Å²) in [5, 5.41) is 16.4. The molecule has 2 heterocycles. The van der Waals surface area contributed by atoms with E-state index in [2.05, 4.69) is 15.1 Å². The minimum atomic E-state index is -1.03. The second kappa shape index (κ2) is 7.48. The van der Waals surface area contributed by atoms with E-state index in [1.54, 1.807) is 36.7 Å². The topological polar surface area (TPSA) is 72.0 Å².